The number of sulfonamides is 1. The Morgan fingerprint density at radius 3 is 2.13 bits per heavy atom. The number of nitrogens with zero attached hydrogens (tertiary/aromatic N) is 2. The molecule has 10 heteroatoms. The maximum absolute atomic E-state index is 14.5. The minimum Gasteiger partial charge on any atom is -0.497 e. The lowest BCUT2D eigenvalue weighted by atomic mass is 10.0. The second-order valence-corrected chi connectivity index (χ2v) is 13.8. The average molecular weight is 693 g/mol. The first-order chi connectivity index (χ1) is 21.5. The lowest BCUT2D eigenvalue weighted by molar-refractivity contribution is -0.140. The lowest BCUT2D eigenvalue weighted by Gasteiger charge is -2.34. The van der Waals surface area contributed by atoms with Gasteiger partial charge in [-0.2, -0.15) is 0 Å². The highest BCUT2D eigenvalue weighted by Crippen LogP contribution is 2.27. The summed E-state index contributed by atoms with van der Waals surface area (Å²) in [5, 5.41) is 2.96. The van der Waals surface area contributed by atoms with Crippen molar-refractivity contribution in [3.05, 3.63) is 124 Å². The van der Waals surface area contributed by atoms with Crippen LogP contribution in [0.15, 0.2) is 112 Å². The Hall–Kier alpha value is -4.15. The van der Waals surface area contributed by atoms with Gasteiger partial charge in [-0.05, 0) is 80.4 Å². The van der Waals surface area contributed by atoms with Gasteiger partial charge in [0.25, 0.3) is 10.0 Å². The molecule has 0 aliphatic carbocycles. The first kappa shape index (κ1) is 33.7. The van der Waals surface area contributed by atoms with Crippen LogP contribution in [0.4, 0.5) is 5.69 Å². The largest absolute Gasteiger partial charge is 0.497 e. The molecule has 0 spiro atoms. The predicted molar refractivity (Wildman–Crippen MR) is 181 cm³/mol. The number of aryl methyl sites for hydroxylation is 1. The van der Waals surface area contributed by atoms with Crippen molar-refractivity contribution in [2.75, 3.05) is 18.0 Å². The standard InChI is InChI=1S/C35H38BrN3O5S/c1-25(2)37-35(41)33(22-27-9-6-5-7-10-27)38(23-28-11-8-12-31(21-28)44-4)34(40)24-39(30-17-15-29(36)16-18-30)45(42,43)32-19-13-26(3)14-20-32/h5-21,25,33H,22-24H2,1-4H3,(H,37,41)/t33-/m1/s1. The molecule has 0 fully saturated rings. The topological polar surface area (TPSA) is 96.0 Å². The van der Waals surface area contributed by atoms with Gasteiger partial charge in [0.05, 0.1) is 17.7 Å². The third-order valence-electron chi connectivity index (χ3n) is 7.19. The van der Waals surface area contributed by atoms with Crippen LogP contribution in [0.1, 0.15) is 30.5 Å². The van der Waals surface area contributed by atoms with Gasteiger partial charge in [0.2, 0.25) is 11.8 Å². The number of amides is 2. The van der Waals surface area contributed by atoms with Crippen LogP contribution < -0.4 is 14.4 Å². The Bertz CT molecular complexity index is 1700. The van der Waals surface area contributed by atoms with Crippen LogP contribution in [0.5, 0.6) is 5.75 Å². The van der Waals surface area contributed by atoms with E-state index < -0.39 is 28.5 Å². The Kier molecular flexibility index (Phi) is 11.4. The monoisotopic (exact) mass is 691 g/mol. The van der Waals surface area contributed by atoms with Gasteiger partial charge < -0.3 is 15.0 Å². The van der Waals surface area contributed by atoms with E-state index in [-0.39, 0.29) is 29.8 Å². The summed E-state index contributed by atoms with van der Waals surface area (Å²) in [7, 11) is -2.61. The minimum atomic E-state index is -4.17. The maximum atomic E-state index is 14.5. The number of carbonyl (C=O) groups is 2. The number of carbonyl (C=O) groups excluding carboxylic acids is 2. The van der Waals surface area contributed by atoms with Crippen molar-refractivity contribution in [3.8, 4) is 5.75 Å². The summed E-state index contributed by atoms with van der Waals surface area (Å²) < 4.78 is 35.5. The van der Waals surface area contributed by atoms with Crippen LogP contribution in [0.2, 0.25) is 0 Å². The summed E-state index contributed by atoms with van der Waals surface area (Å²) in [6.45, 7) is 5.11. The van der Waals surface area contributed by atoms with Gasteiger partial charge >= 0.3 is 0 Å². The van der Waals surface area contributed by atoms with E-state index in [0.29, 0.717) is 11.4 Å². The van der Waals surface area contributed by atoms with Crippen molar-refractivity contribution in [2.45, 2.75) is 50.7 Å². The molecule has 4 rings (SSSR count). The number of methoxy groups -OCH3 is 1. The molecule has 2 amide bonds. The summed E-state index contributed by atoms with van der Waals surface area (Å²) in [6.07, 6.45) is 0.234. The number of anilines is 1. The molecular formula is C35H38BrN3O5S. The van der Waals surface area contributed by atoms with E-state index in [1.165, 1.54) is 17.0 Å². The number of hydrogen-bond acceptors (Lipinski definition) is 5. The number of halogens is 1. The Labute approximate surface area is 274 Å². The van der Waals surface area contributed by atoms with Crippen molar-refractivity contribution in [2.24, 2.45) is 0 Å². The van der Waals surface area contributed by atoms with Crippen molar-refractivity contribution >= 4 is 43.5 Å². The number of nitrogens with one attached hydrogen (secondary N) is 1. The fourth-order valence-electron chi connectivity index (χ4n) is 4.88. The molecule has 0 radical (unpaired) electrons. The van der Waals surface area contributed by atoms with E-state index in [1.807, 2.05) is 63.2 Å². The van der Waals surface area contributed by atoms with E-state index >= 15 is 0 Å². The maximum Gasteiger partial charge on any atom is 0.264 e. The third kappa shape index (κ3) is 8.95. The Balaban J connectivity index is 1.81. The third-order valence-corrected chi connectivity index (χ3v) is 9.51. The summed E-state index contributed by atoms with van der Waals surface area (Å²) >= 11 is 3.41. The van der Waals surface area contributed by atoms with Crippen LogP contribution in [0.3, 0.4) is 0 Å². The van der Waals surface area contributed by atoms with Crippen LogP contribution in [0.25, 0.3) is 0 Å². The van der Waals surface area contributed by atoms with Gasteiger partial charge in [0.15, 0.2) is 0 Å². The zero-order valence-electron chi connectivity index (χ0n) is 25.8. The van der Waals surface area contributed by atoms with E-state index in [9.17, 15) is 18.0 Å². The zero-order chi connectivity index (χ0) is 32.6. The molecule has 0 unspecified atom stereocenters. The van der Waals surface area contributed by atoms with Gasteiger partial charge in [-0.3, -0.25) is 13.9 Å². The summed E-state index contributed by atoms with van der Waals surface area (Å²) in [6, 6.07) is 28.8. The molecule has 0 saturated heterocycles. The molecule has 4 aromatic rings. The zero-order valence-corrected chi connectivity index (χ0v) is 28.2. The first-order valence-electron chi connectivity index (χ1n) is 14.6. The highest BCUT2D eigenvalue weighted by Gasteiger charge is 2.35. The highest BCUT2D eigenvalue weighted by molar-refractivity contribution is 9.10. The summed E-state index contributed by atoms with van der Waals surface area (Å²) in [5.41, 5.74) is 2.82. The molecule has 0 heterocycles. The molecule has 0 aliphatic heterocycles. The number of ether oxygens (including phenoxy) is 1. The van der Waals surface area contributed by atoms with Crippen molar-refractivity contribution in [3.63, 3.8) is 0 Å². The highest BCUT2D eigenvalue weighted by atomic mass is 79.9. The predicted octanol–water partition coefficient (Wildman–Crippen LogP) is 6.13. The minimum absolute atomic E-state index is 0.0534. The van der Waals surface area contributed by atoms with Crippen LogP contribution >= 0.6 is 15.9 Å². The second-order valence-electron chi connectivity index (χ2n) is 11.0. The van der Waals surface area contributed by atoms with Crippen LogP contribution in [-0.2, 0) is 32.6 Å². The molecule has 45 heavy (non-hydrogen) atoms. The summed E-state index contributed by atoms with van der Waals surface area (Å²) in [4.78, 5) is 29.8. The fraction of sp³-hybridized carbons (Fsp3) is 0.257. The normalized spacial score (nSPS) is 12.0. The molecule has 0 saturated carbocycles. The Morgan fingerprint density at radius 1 is 0.867 bits per heavy atom. The van der Waals surface area contributed by atoms with Crippen molar-refractivity contribution in [1.29, 1.82) is 0 Å². The van der Waals surface area contributed by atoms with Gasteiger partial charge in [0.1, 0.15) is 18.3 Å². The molecule has 0 aliphatic rings. The van der Waals surface area contributed by atoms with Gasteiger partial charge in [0, 0.05) is 23.5 Å². The summed E-state index contributed by atoms with van der Waals surface area (Å²) in [5.74, 6) is -0.262. The van der Waals surface area contributed by atoms with Crippen molar-refractivity contribution < 1.29 is 22.7 Å². The first-order valence-corrected chi connectivity index (χ1v) is 16.8. The van der Waals surface area contributed by atoms with E-state index in [0.717, 1.165) is 25.5 Å². The SMILES string of the molecule is COc1cccc(CN(C(=O)CN(c2ccc(Br)cc2)S(=O)(=O)c2ccc(C)cc2)[C@H](Cc2ccccc2)C(=O)NC(C)C)c1. The van der Waals surface area contributed by atoms with Crippen molar-refractivity contribution in [1.82, 2.24) is 10.2 Å². The molecule has 8 nitrogen and oxygen atoms in total. The number of hydrogen-bond donors (Lipinski definition) is 1. The average Bonchev–Trinajstić information content (AvgIpc) is 3.02. The molecular weight excluding hydrogens is 654 g/mol. The van der Waals surface area contributed by atoms with Gasteiger partial charge in [-0.15, -0.1) is 0 Å². The molecule has 0 bridgehead atoms. The smallest absolute Gasteiger partial charge is 0.264 e. The molecule has 1 N–H and O–H groups in total. The van der Waals surface area contributed by atoms with Gasteiger partial charge in [-0.25, -0.2) is 8.42 Å². The molecule has 1 atom stereocenters. The Morgan fingerprint density at radius 2 is 1.51 bits per heavy atom. The van der Waals surface area contributed by atoms with E-state index in [2.05, 4.69) is 21.2 Å². The second kappa shape index (κ2) is 15.2. The number of rotatable bonds is 13. The van der Waals surface area contributed by atoms with Crippen LogP contribution in [0, 0.1) is 6.92 Å². The van der Waals surface area contributed by atoms with Gasteiger partial charge in [-0.1, -0.05) is 76.1 Å². The lowest BCUT2D eigenvalue weighted by Crippen LogP contribution is -2.54. The molecule has 0 aromatic heterocycles. The van der Waals surface area contributed by atoms with E-state index in [1.54, 1.807) is 55.6 Å². The molecule has 236 valence electrons. The van der Waals surface area contributed by atoms with E-state index in [4.69, 9.17) is 4.74 Å². The quantitative estimate of drug-likeness (QED) is 0.182. The van der Waals surface area contributed by atoms with Crippen LogP contribution in [-0.4, -0.2) is 50.9 Å². The fourth-order valence-corrected chi connectivity index (χ4v) is 6.55. The molecule has 4 aromatic carbocycles. The number of benzene rings is 4.